The maximum atomic E-state index is 12.8. The molecule has 0 radical (unpaired) electrons. The van der Waals surface area contributed by atoms with Crippen molar-refractivity contribution < 1.29 is 9.53 Å². The standard InChI is InChI=1S/C23H22N4O3/c28-22-8-7-20(18-6-3-9-24-11-18)25-27(22)14-16-12-26(13-16)23(29)21-10-17-4-1-2-5-19(17)15-30-21/h1-9,11,16,21H,10,12-15H2. The summed E-state index contributed by atoms with van der Waals surface area (Å²) >= 11 is 0. The minimum Gasteiger partial charge on any atom is -0.363 e. The molecule has 1 atom stereocenters. The van der Waals surface area contributed by atoms with Gasteiger partial charge in [-0.1, -0.05) is 24.3 Å². The second-order valence-corrected chi connectivity index (χ2v) is 7.86. The van der Waals surface area contributed by atoms with Crippen molar-refractivity contribution in [2.24, 2.45) is 5.92 Å². The minimum atomic E-state index is -0.421. The van der Waals surface area contributed by atoms with Crippen molar-refractivity contribution in [2.75, 3.05) is 13.1 Å². The van der Waals surface area contributed by atoms with E-state index in [1.807, 2.05) is 35.2 Å². The van der Waals surface area contributed by atoms with Crippen molar-refractivity contribution in [1.29, 1.82) is 0 Å². The van der Waals surface area contributed by atoms with Gasteiger partial charge in [0, 0.05) is 49.5 Å². The molecule has 1 unspecified atom stereocenters. The fourth-order valence-electron chi connectivity index (χ4n) is 4.07. The van der Waals surface area contributed by atoms with Gasteiger partial charge in [-0.05, 0) is 29.3 Å². The number of nitrogens with zero attached hydrogens (tertiary/aromatic N) is 4. The van der Waals surface area contributed by atoms with Crippen LogP contribution in [0.15, 0.2) is 65.7 Å². The molecule has 3 aromatic rings. The van der Waals surface area contributed by atoms with Crippen LogP contribution in [-0.2, 0) is 29.1 Å². The topological polar surface area (TPSA) is 77.3 Å². The summed E-state index contributed by atoms with van der Waals surface area (Å²) in [5.74, 6) is 0.240. The maximum absolute atomic E-state index is 12.8. The van der Waals surface area contributed by atoms with Crippen LogP contribution >= 0.6 is 0 Å². The Labute approximate surface area is 173 Å². The van der Waals surface area contributed by atoms with E-state index in [1.165, 1.54) is 16.3 Å². The van der Waals surface area contributed by atoms with Gasteiger partial charge in [0.05, 0.1) is 18.8 Å². The minimum absolute atomic E-state index is 0.0326. The highest BCUT2D eigenvalue weighted by Crippen LogP contribution is 2.25. The third kappa shape index (κ3) is 3.64. The lowest BCUT2D eigenvalue weighted by atomic mass is 9.95. The van der Waals surface area contributed by atoms with Crippen LogP contribution in [0.3, 0.4) is 0 Å². The molecular formula is C23H22N4O3. The van der Waals surface area contributed by atoms with Crippen molar-refractivity contribution in [2.45, 2.75) is 25.7 Å². The molecule has 0 spiro atoms. The van der Waals surface area contributed by atoms with Crippen LogP contribution in [0.2, 0.25) is 0 Å². The van der Waals surface area contributed by atoms with E-state index in [-0.39, 0.29) is 17.4 Å². The molecule has 152 valence electrons. The van der Waals surface area contributed by atoms with E-state index >= 15 is 0 Å². The largest absolute Gasteiger partial charge is 0.363 e. The Kier molecular flexibility index (Phi) is 4.88. The van der Waals surface area contributed by atoms with Gasteiger partial charge < -0.3 is 9.64 Å². The fourth-order valence-corrected chi connectivity index (χ4v) is 4.07. The van der Waals surface area contributed by atoms with Crippen molar-refractivity contribution >= 4 is 5.91 Å². The van der Waals surface area contributed by atoms with Gasteiger partial charge in [-0.2, -0.15) is 5.10 Å². The highest BCUT2D eigenvalue weighted by molar-refractivity contribution is 5.82. The Morgan fingerprint density at radius 2 is 1.90 bits per heavy atom. The van der Waals surface area contributed by atoms with E-state index in [2.05, 4.69) is 16.1 Å². The molecule has 0 saturated carbocycles. The molecule has 2 aliphatic heterocycles. The Bertz CT molecular complexity index is 1120. The average Bonchev–Trinajstić information content (AvgIpc) is 2.77. The number of carbonyl (C=O) groups excluding carboxylic acids is 1. The first-order valence-corrected chi connectivity index (χ1v) is 10.1. The first kappa shape index (κ1) is 18.7. The summed E-state index contributed by atoms with van der Waals surface area (Å²) in [7, 11) is 0. The fraction of sp³-hybridized carbons (Fsp3) is 0.304. The molecule has 5 rings (SSSR count). The molecule has 0 aliphatic carbocycles. The van der Waals surface area contributed by atoms with Gasteiger partial charge in [0.2, 0.25) is 0 Å². The summed E-state index contributed by atoms with van der Waals surface area (Å²) in [5.41, 5.74) is 3.78. The Morgan fingerprint density at radius 1 is 1.07 bits per heavy atom. The van der Waals surface area contributed by atoms with Crippen molar-refractivity contribution in [3.05, 3.63) is 82.4 Å². The van der Waals surface area contributed by atoms with Gasteiger partial charge in [-0.3, -0.25) is 14.6 Å². The van der Waals surface area contributed by atoms with Crippen LogP contribution in [0, 0.1) is 5.92 Å². The number of aromatic nitrogens is 3. The SMILES string of the molecule is O=C(C1Cc2ccccc2CO1)N1CC(Cn2nc(-c3cccnc3)ccc2=O)C1. The zero-order chi connectivity index (χ0) is 20.5. The van der Waals surface area contributed by atoms with Crippen LogP contribution in [-0.4, -0.2) is 44.8 Å². The van der Waals surface area contributed by atoms with Gasteiger partial charge in [-0.25, -0.2) is 4.68 Å². The molecular weight excluding hydrogens is 380 g/mol. The predicted molar refractivity (Wildman–Crippen MR) is 111 cm³/mol. The summed E-state index contributed by atoms with van der Waals surface area (Å²) in [5, 5.41) is 4.49. The zero-order valence-electron chi connectivity index (χ0n) is 16.5. The Morgan fingerprint density at radius 3 is 2.70 bits per heavy atom. The highest BCUT2D eigenvalue weighted by Gasteiger charge is 2.36. The van der Waals surface area contributed by atoms with Crippen molar-refractivity contribution in [3.63, 3.8) is 0 Å². The average molecular weight is 402 g/mol. The van der Waals surface area contributed by atoms with Crippen molar-refractivity contribution in [3.8, 4) is 11.3 Å². The Balaban J connectivity index is 1.21. The lowest BCUT2D eigenvalue weighted by Crippen LogP contribution is -2.56. The summed E-state index contributed by atoms with van der Waals surface area (Å²) in [6.45, 7) is 2.20. The molecule has 0 bridgehead atoms. The molecule has 1 amide bonds. The van der Waals surface area contributed by atoms with E-state index in [1.54, 1.807) is 18.5 Å². The monoisotopic (exact) mass is 402 g/mol. The van der Waals surface area contributed by atoms with Crippen LogP contribution in [0.25, 0.3) is 11.3 Å². The summed E-state index contributed by atoms with van der Waals surface area (Å²) < 4.78 is 7.28. The highest BCUT2D eigenvalue weighted by atomic mass is 16.5. The number of carbonyl (C=O) groups is 1. The third-order valence-electron chi connectivity index (χ3n) is 5.76. The van der Waals surface area contributed by atoms with Crippen LogP contribution in [0.4, 0.5) is 0 Å². The normalized spacial score (nSPS) is 18.5. The number of benzene rings is 1. The smallest absolute Gasteiger partial charge is 0.266 e. The molecule has 7 heteroatoms. The molecule has 4 heterocycles. The van der Waals surface area contributed by atoms with Gasteiger partial charge in [-0.15, -0.1) is 0 Å². The van der Waals surface area contributed by atoms with E-state index in [0.717, 1.165) is 11.1 Å². The number of hydrogen-bond acceptors (Lipinski definition) is 5. The van der Waals surface area contributed by atoms with E-state index in [0.29, 0.717) is 38.4 Å². The Hall–Kier alpha value is -3.32. The molecule has 2 aromatic heterocycles. The second kappa shape index (κ2) is 7.84. The van der Waals surface area contributed by atoms with E-state index in [4.69, 9.17) is 4.74 Å². The number of fused-ring (bicyclic) bond motifs is 1. The number of pyridine rings is 1. The summed E-state index contributed by atoms with van der Waals surface area (Å²) in [4.78, 5) is 31.0. The van der Waals surface area contributed by atoms with Crippen LogP contribution in [0.5, 0.6) is 0 Å². The van der Waals surface area contributed by atoms with E-state index in [9.17, 15) is 9.59 Å². The number of rotatable bonds is 4. The van der Waals surface area contributed by atoms with E-state index < -0.39 is 6.10 Å². The summed E-state index contributed by atoms with van der Waals surface area (Å²) in [6, 6.07) is 15.1. The van der Waals surface area contributed by atoms with Gasteiger partial charge in [0.25, 0.3) is 11.5 Å². The van der Waals surface area contributed by atoms with Crippen LogP contribution in [0.1, 0.15) is 11.1 Å². The first-order chi connectivity index (χ1) is 14.7. The number of likely N-dealkylation sites (tertiary alicyclic amines) is 1. The lowest BCUT2D eigenvalue weighted by Gasteiger charge is -2.41. The number of hydrogen-bond donors (Lipinski definition) is 0. The lowest BCUT2D eigenvalue weighted by molar-refractivity contribution is -0.152. The predicted octanol–water partition coefficient (Wildman–Crippen LogP) is 1.91. The molecule has 30 heavy (non-hydrogen) atoms. The second-order valence-electron chi connectivity index (χ2n) is 7.86. The quantitative estimate of drug-likeness (QED) is 0.666. The first-order valence-electron chi connectivity index (χ1n) is 10.1. The van der Waals surface area contributed by atoms with Gasteiger partial charge >= 0.3 is 0 Å². The number of ether oxygens (including phenoxy) is 1. The number of amides is 1. The zero-order valence-corrected chi connectivity index (χ0v) is 16.5. The van der Waals surface area contributed by atoms with Crippen LogP contribution < -0.4 is 5.56 Å². The van der Waals surface area contributed by atoms with Crippen molar-refractivity contribution in [1.82, 2.24) is 19.7 Å². The molecule has 0 N–H and O–H groups in total. The molecule has 2 aliphatic rings. The van der Waals surface area contributed by atoms with Gasteiger partial charge in [0.1, 0.15) is 6.10 Å². The maximum Gasteiger partial charge on any atom is 0.266 e. The molecule has 7 nitrogen and oxygen atoms in total. The van der Waals surface area contributed by atoms with Gasteiger partial charge in [0.15, 0.2) is 0 Å². The molecule has 1 saturated heterocycles. The summed E-state index contributed by atoms with van der Waals surface area (Å²) in [6.07, 6.45) is 3.62. The third-order valence-corrected chi connectivity index (χ3v) is 5.76. The molecule has 1 aromatic carbocycles. The molecule has 1 fully saturated rings.